The van der Waals surface area contributed by atoms with E-state index in [9.17, 15) is 14.9 Å². The highest BCUT2D eigenvalue weighted by molar-refractivity contribution is 5.95. The monoisotopic (exact) mass is 278 g/mol. The van der Waals surface area contributed by atoms with Crippen LogP contribution in [0.3, 0.4) is 0 Å². The number of carboxylic acids is 1. The summed E-state index contributed by atoms with van der Waals surface area (Å²) in [6.45, 7) is 2.77. The standard InChI is InChI=1S/C14H18N2O4/c1-14(7-2-3-8-14)9-15-11-6-4-5-10(13(17)18)12(11)16(19)20/h4-6,15H,2-3,7-9H2,1H3,(H,17,18). The Labute approximate surface area is 117 Å². The molecule has 1 aliphatic rings. The second kappa shape index (κ2) is 5.48. The predicted octanol–water partition coefficient (Wildman–Crippen LogP) is 3.29. The Hall–Kier alpha value is -2.11. The van der Waals surface area contributed by atoms with Gasteiger partial charge in [0.25, 0.3) is 0 Å². The van der Waals surface area contributed by atoms with Crippen molar-refractivity contribution in [2.24, 2.45) is 5.41 Å². The average Bonchev–Trinajstić information content (AvgIpc) is 2.83. The Balaban J connectivity index is 2.25. The molecule has 0 bridgehead atoms. The molecule has 2 rings (SSSR count). The normalized spacial score (nSPS) is 16.9. The second-order valence-electron chi connectivity index (χ2n) is 5.64. The van der Waals surface area contributed by atoms with Crippen molar-refractivity contribution in [3.05, 3.63) is 33.9 Å². The van der Waals surface area contributed by atoms with Crippen molar-refractivity contribution in [3.63, 3.8) is 0 Å². The molecule has 1 aromatic rings. The number of aromatic carboxylic acids is 1. The molecule has 0 aliphatic heterocycles. The smallest absolute Gasteiger partial charge is 0.342 e. The summed E-state index contributed by atoms with van der Waals surface area (Å²) in [6.07, 6.45) is 4.53. The lowest BCUT2D eigenvalue weighted by Gasteiger charge is -2.24. The zero-order valence-corrected chi connectivity index (χ0v) is 11.4. The maximum Gasteiger partial charge on any atom is 0.342 e. The van der Waals surface area contributed by atoms with Gasteiger partial charge < -0.3 is 10.4 Å². The minimum absolute atomic E-state index is 0.132. The number of nitro benzene ring substituents is 1. The summed E-state index contributed by atoms with van der Waals surface area (Å²) in [6, 6.07) is 4.33. The quantitative estimate of drug-likeness (QED) is 0.637. The number of rotatable bonds is 5. The molecule has 1 aromatic carbocycles. The lowest BCUT2D eigenvalue weighted by Crippen LogP contribution is -2.23. The lowest BCUT2D eigenvalue weighted by molar-refractivity contribution is -0.384. The summed E-state index contributed by atoms with van der Waals surface area (Å²) in [5, 5.41) is 23.2. The molecule has 1 fully saturated rings. The van der Waals surface area contributed by atoms with Crippen LogP contribution in [0.1, 0.15) is 43.0 Å². The summed E-state index contributed by atoms with van der Waals surface area (Å²) >= 11 is 0. The molecule has 0 aromatic heterocycles. The van der Waals surface area contributed by atoms with E-state index >= 15 is 0 Å². The molecule has 0 saturated heterocycles. The van der Waals surface area contributed by atoms with Crippen LogP contribution >= 0.6 is 0 Å². The van der Waals surface area contributed by atoms with Crippen molar-refractivity contribution in [3.8, 4) is 0 Å². The number of hydrogen-bond acceptors (Lipinski definition) is 4. The first-order valence-corrected chi connectivity index (χ1v) is 6.67. The van der Waals surface area contributed by atoms with Crippen molar-refractivity contribution in [2.75, 3.05) is 11.9 Å². The van der Waals surface area contributed by atoms with Crippen LogP contribution < -0.4 is 5.32 Å². The molecule has 0 spiro atoms. The van der Waals surface area contributed by atoms with Crippen LogP contribution in [0.5, 0.6) is 0 Å². The van der Waals surface area contributed by atoms with E-state index in [-0.39, 0.29) is 22.4 Å². The van der Waals surface area contributed by atoms with Gasteiger partial charge in [-0.05, 0) is 30.4 Å². The first-order valence-electron chi connectivity index (χ1n) is 6.67. The number of para-hydroxylation sites is 1. The molecular weight excluding hydrogens is 260 g/mol. The van der Waals surface area contributed by atoms with Crippen molar-refractivity contribution in [1.82, 2.24) is 0 Å². The molecule has 108 valence electrons. The third-order valence-corrected chi connectivity index (χ3v) is 3.97. The molecule has 1 saturated carbocycles. The molecule has 6 nitrogen and oxygen atoms in total. The van der Waals surface area contributed by atoms with Gasteiger partial charge in [-0.3, -0.25) is 10.1 Å². The summed E-state index contributed by atoms with van der Waals surface area (Å²) < 4.78 is 0. The van der Waals surface area contributed by atoms with Crippen LogP contribution in [0.2, 0.25) is 0 Å². The highest BCUT2D eigenvalue weighted by atomic mass is 16.6. The molecule has 6 heteroatoms. The zero-order valence-electron chi connectivity index (χ0n) is 11.4. The topological polar surface area (TPSA) is 92.5 Å². The number of carboxylic acid groups (broad SMARTS) is 1. The summed E-state index contributed by atoms with van der Waals surface area (Å²) in [5.41, 5.74) is -0.228. The third kappa shape index (κ3) is 2.89. The van der Waals surface area contributed by atoms with E-state index in [1.807, 2.05) is 0 Å². The fraction of sp³-hybridized carbons (Fsp3) is 0.500. The lowest BCUT2D eigenvalue weighted by atomic mass is 9.89. The first kappa shape index (κ1) is 14.3. The maximum absolute atomic E-state index is 11.1. The van der Waals surface area contributed by atoms with E-state index in [2.05, 4.69) is 12.2 Å². The van der Waals surface area contributed by atoms with Gasteiger partial charge in [0.1, 0.15) is 11.3 Å². The first-order chi connectivity index (χ1) is 9.43. The number of nitro groups is 1. The fourth-order valence-corrected chi connectivity index (χ4v) is 2.77. The Morgan fingerprint density at radius 3 is 2.65 bits per heavy atom. The SMILES string of the molecule is CC1(CNc2cccc(C(=O)O)c2[N+](=O)[O-])CCCC1. The van der Waals surface area contributed by atoms with Gasteiger partial charge in [0.2, 0.25) is 0 Å². The highest BCUT2D eigenvalue weighted by Gasteiger charge is 2.30. The van der Waals surface area contributed by atoms with Crippen molar-refractivity contribution >= 4 is 17.3 Å². The summed E-state index contributed by atoms with van der Waals surface area (Å²) in [5.74, 6) is -1.28. The van der Waals surface area contributed by atoms with Crippen molar-refractivity contribution in [2.45, 2.75) is 32.6 Å². The zero-order chi connectivity index (χ0) is 14.8. The molecule has 0 radical (unpaired) electrons. The van der Waals surface area contributed by atoms with Crippen LogP contribution in [0.15, 0.2) is 18.2 Å². The molecule has 0 atom stereocenters. The van der Waals surface area contributed by atoms with E-state index in [1.165, 1.54) is 25.0 Å². The molecule has 0 unspecified atom stereocenters. The molecule has 20 heavy (non-hydrogen) atoms. The Bertz CT molecular complexity index is 536. The highest BCUT2D eigenvalue weighted by Crippen LogP contribution is 2.38. The molecule has 0 heterocycles. The van der Waals surface area contributed by atoms with Gasteiger partial charge in [-0.15, -0.1) is 0 Å². The van der Waals surface area contributed by atoms with Gasteiger partial charge in [-0.2, -0.15) is 0 Å². The van der Waals surface area contributed by atoms with E-state index in [0.717, 1.165) is 12.8 Å². The van der Waals surface area contributed by atoms with Crippen LogP contribution in [0, 0.1) is 15.5 Å². The van der Waals surface area contributed by atoms with Gasteiger partial charge in [-0.25, -0.2) is 4.79 Å². The number of benzene rings is 1. The molecule has 2 N–H and O–H groups in total. The summed E-state index contributed by atoms with van der Waals surface area (Å²) in [4.78, 5) is 21.6. The average molecular weight is 278 g/mol. The van der Waals surface area contributed by atoms with Gasteiger partial charge in [-0.1, -0.05) is 25.8 Å². The number of hydrogen-bond donors (Lipinski definition) is 2. The van der Waals surface area contributed by atoms with E-state index in [4.69, 9.17) is 5.11 Å². The summed E-state index contributed by atoms with van der Waals surface area (Å²) in [7, 11) is 0. The van der Waals surface area contributed by atoms with E-state index in [0.29, 0.717) is 6.54 Å². The van der Waals surface area contributed by atoms with Crippen molar-refractivity contribution in [1.29, 1.82) is 0 Å². The Morgan fingerprint density at radius 2 is 2.10 bits per heavy atom. The second-order valence-corrected chi connectivity index (χ2v) is 5.64. The van der Waals surface area contributed by atoms with Crippen LogP contribution in [-0.4, -0.2) is 22.5 Å². The maximum atomic E-state index is 11.1. The molecular formula is C14H18N2O4. The van der Waals surface area contributed by atoms with Crippen LogP contribution in [-0.2, 0) is 0 Å². The van der Waals surface area contributed by atoms with E-state index in [1.54, 1.807) is 6.07 Å². The number of anilines is 1. The minimum Gasteiger partial charge on any atom is -0.477 e. The van der Waals surface area contributed by atoms with Gasteiger partial charge >= 0.3 is 11.7 Å². The van der Waals surface area contributed by atoms with Gasteiger partial charge in [0.05, 0.1) is 4.92 Å². The number of carbonyl (C=O) groups is 1. The van der Waals surface area contributed by atoms with Gasteiger partial charge in [0, 0.05) is 6.54 Å². The Kier molecular flexibility index (Phi) is 3.92. The fourth-order valence-electron chi connectivity index (χ4n) is 2.77. The molecule has 1 aliphatic carbocycles. The van der Waals surface area contributed by atoms with Gasteiger partial charge in [0.15, 0.2) is 0 Å². The third-order valence-electron chi connectivity index (χ3n) is 3.97. The Morgan fingerprint density at radius 1 is 1.45 bits per heavy atom. The number of nitrogens with one attached hydrogen (secondary N) is 1. The van der Waals surface area contributed by atoms with Crippen LogP contribution in [0.25, 0.3) is 0 Å². The van der Waals surface area contributed by atoms with Crippen molar-refractivity contribution < 1.29 is 14.8 Å². The van der Waals surface area contributed by atoms with E-state index < -0.39 is 10.9 Å². The largest absolute Gasteiger partial charge is 0.477 e. The number of nitrogens with zero attached hydrogens (tertiary/aromatic N) is 1. The minimum atomic E-state index is -1.28. The van der Waals surface area contributed by atoms with Crippen LogP contribution in [0.4, 0.5) is 11.4 Å². The molecule has 0 amide bonds. The predicted molar refractivity (Wildman–Crippen MR) is 75.1 cm³/mol.